The number of urea groups is 1. The van der Waals surface area contributed by atoms with Crippen LogP contribution in [0.15, 0.2) is 70.6 Å². The molecule has 1 aromatic heterocycles. The van der Waals surface area contributed by atoms with Crippen LogP contribution >= 0.6 is 11.8 Å². The van der Waals surface area contributed by atoms with Crippen LogP contribution in [0.25, 0.3) is 22.0 Å². The summed E-state index contributed by atoms with van der Waals surface area (Å²) in [6, 6.07) is 15.5. The van der Waals surface area contributed by atoms with Gasteiger partial charge < -0.3 is 14.8 Å². The minimum Gasteiger partial charge on any atom is -0.454 e. The number of fused-ring (bicyclic) bond motifs is 2. The van der Waals surface area contributed by atoms with Crippen molar-refractivity contribution in [3.05, 3.63) is 76.8 Å². The summed E-state index contributed by atoms with van der Waals surface area (Å²) in [5.74, 6) is 0.0714. The molecule has 0 radical (unpaired) electrons. The fraction of sp³-hybridized carbons (Fsp3) is 0.154. The Morgan fingerprint density at radius 2 is 1.78 bits per heavy atom. The van der Waals surface area contributed by atoms with Crippen molar-refractivity contribution >= 4 is 40.3 Å². The average Bonchev–Trinajstić information content (AvgIpc) is 3.36. The molecule has 3 amide bonds. The van der Waals surface area contributed by atoms with Gasteiger partial charge in [0.1, 0.15) is 5.82 Å². The fourth-order valence-electron chi connectivity index (χ4n) is 3.84. The Kier molecular flexibility index (Phi) is 6.78. The van der Waals surface area contributed by atoms with Gasteiger partial charge in [-0.05, 0) is 54.4 Å². The van der Waals surface area contributed by atoms with Crippen LogP contribution in [-0.2, 0) is 11.3 Å². The molecule has 0 saturated carbocycles. The van der Waals surface area contributed by atoms with E-state index < -0.39 is 11.9 Å². The number of hydrogen-bond acceptors (Lipinski definition) is 7. The van der Waals surface area contributed by atoms with Crippen LogP contribution in [-0.4, -0.2) is 34.0 Å². The fourth-order valence-corrected chi connectivity index (χ4v) is 4.70. The smallest absolute Gasteiger partial charge is 0.325 e. The maximum Gasteiger partial charge on any atom is 0.325 e. The number of halogens is 1. The molecule has 0 saturated heterocycles. The minimum absolute atomic E-state index is 0.113. The van der Waals surface area contributed by atoms with Crippen LogP contribution in [0, 0.1) is 5.82 Å². The number of carbonyl (C=O) groups is 2. The lowest BCUT2D eigenvalue weighted by Crippen LogP contribution is -2.35. The summed E-state index contributed by atoms with van der Waals surface area (Å²) >= 11 is 1.06. The van der Waals surface area contributed by atoms with E-state index in [2.05, 4.69) is 15.6 Å². The van der Waals surface area contributed by atoms with E-state index in [1.807, 2.05) is 6.92 Å². The molecule has 1 aliphatic heterocycles. The molecule has 11 heteroatoms. The number of rotatable bonds is 6. The zero-order valence-electron chi connectivity index (χ0n) is 19.6. The molecular weight excluding hydrogens is 499 g/mol. The highest BCUT2D eigenvalue weighted by Crippen LogP contribution is 2.34. The van der Waals surface area contributed by atoms with E-state index in [1.165, 1.54) is 16.7 Å². The molecule has 37 heavy (non-hydrogen) atoms. The number of imide groups is 1. The second kappa shape index (κ2) is 10.3. The molecule has 5 rings (SSSR count). The first-order valence-corrected chi connectivity index (χ1v) is 12.3. The Labute approximate surface area is 214 Å². The Bertz CT molecular complexity index is 1570. The van der Waals surface area contributed by atoms with Crippen LogP contribution in [0.3, 0.4) is 0 Å². The summed E-state index contributed by atoms with van der Waals surface area (Å²) in [5.41, 5.74) is 2.21. The number of hydrogen-bond donors (Lipinski definition) is 2. The van der Waals surface area contributed by atoms with E-state index >= 15 is 0 Å². The van der Waals surface area contributed by atoms with E-state index in [0.29, 0.717) is 39.8 Å². The highest BCUT2D eigenvalue weighted by molar-refractivity contribution is 7.99. The van der Waals surface area contributed by atoms with Crippen molar-refractivity contribution in [1.82, 2.24) is 14.9 Å². The third kappa shape index (κ3) is 5.26. The van der Waals surface area contributed by atoms with Crippen molar-refractivity contribution in [2.45, 2.75) is 18.6 Å². The number of thioether (sulfide) groups is 1. The van der Waals surface area contributed by atoms with Crippen molar-refractivity contribution in [2.24, 2.45) is 0 Å². The van der Waals surface area contributed by atoms with Gasteiger partial charge in [0, 0.05) is 18.3 Å². The third-order valence-corrected chi connectivity index (χ3v) is 6.61. The Morgan fingerprint density at radius 1 is 1.03 bits per heavy atom. The number of ether oxygens (including phenoxy) is 2. The van der Waals surface area contributed by atoms with Crippen LogP contribution in [0.1, 0.15) is 6.92 Å². The molecule has 3 aromatic carbocycles. The van der Waals surface area contributed by atoms with E-state index in [1.54, 1.807) is 48.5 Å². The predicted octanol–water partition coefficient (Wildman–Crippen LogP) is 4.39. The molecule has 1 aliphatic rings. The Balaban J connectivity index is 1.27. The predicted molar refractivity (Wildman–Crippen MR) is 138 cm³/mol. The van der Waals surface area contributed by atoms with Crippen molar-refractivity contribution in [1.29, 1.82) is 0 Å². The van der Waals surface area contributed by atoms with E-state index in [4.69, 9.17) is 9.47 Å². The summed E-state index contributed by atoms with van der Waals surface area (Å²) in [4.78, 5) is 42.4. The standard InChI is InChI=1S/C26H21FN4O5S/c1-2-31-24(33)19-11-16(15-3-6-17(27)7-4-15)5-9-20(19)29-26(31)37-13-23(32)30-25(34)28-18-8-10-21-22(12-18)36-14-35-21/h3-12H,2,13-14H2,1H3,(H2,28,30,32,34). The van der Waals surface area contributed by atoms with Crippen molar-refractivity contribution < 1.29 is 23.5 Å². The van der Waals surface area contributed by atoms with Gasteiger partial charge in [0.25, 0.3) is 5.56 Å². The molecule has 9 nitrogen and oxygen atoms in total. The quantitative estimate of drug-likeness (QED) is 0.286. The average molecular weight is 521 g/mol. The zero-order chi connectivity index (χ0) is 25.9. The number of aromatic nitrogens is 2. The molecular formula is C26H21FN4O5S. The van der Waals surface area contributed by atoms with Crippen LogP contribution < -0.4 is 25.7 Å². The van der Waals surface area contributed by atoms with E-state index in [0.717, 1.165) is 22.9 Å². The summed E-state index contributed by atoms with van der Waals surface area (Å²) in [7, 11) is 0. The number of nitrogens with zero attached hydrogens (tertiary/aromatic N) is 2. The summed E-state index contributed by atoms with van der Waals surface area (Å²) in [5, 5.41) is 5.61. The topological polar surface area (TPSA) is 112 Å². The molecule has 0 spiro atoms. The molecule has 0 unspecified atom stereocenters. The van der Waals surface area contributed by atoms with Crippen molar-refractivity contribution in [3.63, 3.8) is 0 Å². The summed E-state index contributed by atoms with van der Waals surface area (Å²) in [6.07, 6.45) is 0. The van der Waals surface area contributed by atoms with Crippen LogP contribution in [0.4, 0.5) is 14.9 Å². The maximum atomic E-state index is 13.3. The number of benzene rings is 3. The normalized spacial score (nSPS) is 11.9. The van der Waals surface area contributed by atoms with Gasteiger partial charge >= 0.3 is 6.03 Å². The van der Waals surface area contributed by atoms with Gasteiger partial charge in [-0.1, -0.05) is 30.0 Å². The molecule has 0 atom stereocenters. The molecule has 0 bridgehead atoms. The molecule has 0 fully saturated rings. The number of nitrogens with one attached hydrogen (secondary N) is 2. The van der Waals surface area contributed by atoms with Gasteiger partial charge in [-0.25, -0.2) is 14.2 Å². The molecule has 2 heterocycles. The van der Waals surface area contributed by atoms with Crippen LogP contribution in [0.5, 0.6) is 11.5 Å². The SMILES string of the molecule is CCn1c(SCC(=O)NC(=O)Nc2ccc3c(c2)OCO3)nc2ccc(-c3ccc(F)cc3)cc2c1=O. The molecule has 4 aromatic rings. The zero-order valence-corrected chi connectivity index (χ0v) is 20.4. The summed E-state index contributed by atoms with van der Waals surface area (Å²) in [6.45, 7) is 2.26. The number of carbonyl (C=O) groups excluding carboxylic acids is 2. The molecule has 0 aliphatic carbocycles. The van der Waals surface area contributed by atoms with Gasteiger partial charge in [0.2, 0.25) is 12.7 Å². The second-order valence-corrected chi connectivity index (χ2v) is 8.98. The van der Waals surface area contributed by atoms with Crippen molar-refractivity contribution in [3.8, 4) is 22.6 Å². The van der Waals surface area contributed by atoms with Gasteiger partial charge in [0.05, 0.1) is 16.7 Å². The highest BCUT2D eigenvalue weighted by Gasteiger charge is 2.17. The second-order valence-electron chi connectivity index (χ2n) is 8.04. The van der Waals surface area contributed by atoms with E-state index in [-0.39, 0.29) is 23.9 Å². The lowest BCUT2D eigenvalue weighted by atomic mass is 10.0. The molecule has 188 valence electrons. The first-order valence-electron chi connectivity index (χ1n) is 11.3. The first-order chi connectivity index (χ1) is 17.9. The van der Waals surface area contributed by atoms with Gasteiger partial charge in [-0.2, -0.15) is 0 Å². The van der Waals surface area contributed by atoms with E-state index in [9.17, 15) is 18.8 Å². The largest absolute Gasteiger partial charge is 0.454 e. The lowest BCUT2D eigenvalue weighted by Gasteiger charge is -2.12. The van der Waals surface area contributed by atoms with Crippen molar-refractivity contribution in [2.75, 3.05) is 17.9 Å². The third-order valence-electron chi connectivity index (χ3n) is 5.63. The maximum absolute atomic E-state index is 13.3. The lowest BCUT2D eigenvalue weighted by molar-refractivity contribution is -0.117. The Morgan fingerprint density at radius 3 is 2.57 bits per heavy atom. The monoisotopic (exact) mass is 520 g/mol. The first kappa shape index (κ1) is 24.3. The number of anilines is 1. The number of amides is 3. The van der Waals surface area contributed by atoms with Gasteiger partial charge in [-0.15, -0.1) is 0 Å². The van der Waals surface area contributed by atoms with Crippen LogP contribution in [0.2, 0.25) is 0 Å². The van der Waals surface area contributed by atoms with Gasteiger partial charge in [-0.3, -0.25) is 19.5 Å². The summed E-state index contributed by atoms with van der Waals surface area (Å²) < 4.78 is 25.3. The highest BCUT2D eigenvalue weighted by atomic mass is 32.2. The Hall–Kier alpha value is -4.38. The minimum atomic E-state index is -0.697. The molecule has 2 N–H and O–H groups in total. The van der Waals surface area contributed by atoms with Gasteiger partial charge in [0.15, 0.2) is 16.7 Å².